The van der Waals surface area contributed by atoms with Gasteiger partial charge in [-0.3, -0.25) is 4.79 Å². The second kappa shape index (κ2) is 13.7. The molecule has 0 bridgehead atoms. The van der Waals surface area contributed by atoms with Gasteiger partial charge in [0.2, 0.25) is 0 Å². The third-order valence-corrected chi connectivity index (χ3v) is 5.06. The zero-order valence-electron chi connectivity index (χ0n) is 18.7. The van der Waals surface area contributed by atoms with Gasteiger partial charge in [0.05, 0.1) is 17.1 Å². The third kappa shape index (κ3) is 6.39. The Bertz CT molecular complexity index is 1160. The first-order valence-electron chi connectivity index (χ1n) is 9.72. The van der Waals surface area contributed by atoms with Crippen molar-refractivity contribution in [3.63, 3.8) is 0 Å². The maximum Gasteiger partial charge on any atom is 0.256 e. The van der Waals surface area contributed by atoms with E-state index in [0.29, 0.717) is 16.6 Å². The van der Waals surface area contributed by atoms with Crippen LogP contribution in [0.25, 0.3) is 22.2 Å². The number of rotatable bonds is 5. The van der Waals surface area contributed by atoms with E-state index >= 15 is 0 Å². The molecule has 8 heteroatoms. The number of benzene rings is 3. The molecule has 1 aromatic heterocycles. The Morgan fingerprint density at radius 1 is 0.879 bits per heavy atom. The normalized spacial score (nSPS) is 10.5. The van der Waals surface area contributed by atoms with Crippen LogP contribution >= 0.6 is 0 Å². The van der Waals surface area contributed by atoms with Crippen molar-refractivity contribution in [2.45, 2.75) is 19.4 Å². The standard InChI is InChI=1S/C25H22N2O2.Na.3H2O/c1-2-20(17-11-5-3-6-12-17)27-25(29)22-19-15-9-10-16-21(19)26-23(24(22)28)18-13-7-4-8-14-18;;;;/h3-16,20,28H,2H2,1H3,(H,27,29);;3*1H2/t20-;;;;/m0..../s1. The number of nitrogens with one attached hydrogen (secondary N) is 1. The molecule has 1 atom stereocenters. The predicted octanol–water partition coefficient (Wildman–Crippen LogP) is 2.63. The van der Waals surface area contributed by atoms with Crippen LogP contribution in [0.2, 0.25) is 0 Å². The summed E-state index contributed by atoms with van der Waals surface area (Å²) in [6, 6.07) is 26.5. The van der Waals surface area contributed by atoms with Crippen molar-refractivity contribution >= 4 is 46.4 Å². The molecule has 0 unspecified atom stereocenters. The Labute approximate surface area is 214 Å². The fourth-order valence-corrected chi connectivity index (χ4v) is 3.57. The van der Waals surface area contributed by atoms with Gasteiger partial charge in [0.15, 0.2) is 5.75 Å². The summed E-state index contributed by atoms with van der Waals surface area (Å²) in [6.45, 7) is 2.03. The van der Waals surface area contributed by atoms with Gasteiger partial charge in [-0.1, -0.05) is 85.8 Å². The van der Waals surface area contributed by atoms with Crippen molar-refractivity contribution in [2.75, 3.05) is 0 Å². The van der Waals surface area contributed by atoms with Crippen molar-refractivity contribution in [3.05, 3.63) is 96.1 Å². The number of carbonyl (C=O) groups excluding carboxylic acids is 1. The summed E-state index contributed by atoms with van der Waals surface area (Å²) in [4.78, 5) is 17.9. The predicted molar refractivity (Wildman–Crippen MR) is 132 cm³/mol. The summed E-state index contributed by atoms with van der Waals surface area (Å²) in [6.07, 6.45) is 0.741. The zero-order valence-corrected chi connectivity index (χ0v) is 20.7. The average Bonchev–Trinajstić information content (AvgIpc) is 2.78. The van der Waals surface area contributed by atoms with Crippen LogP contribution in [0.1, 0.15) is 35.3 Å². The second-order valence-electron chi connectivity index (χ2n) is 6.91. The van der Waals surface area contributed by atoms with Gasteiger partial charge in [-0.2, -0.15) is 0 Å². The first kappa shape index (κ1) is 30.2. The van der Waals surface area contributed by atoms with Gasteiger partial charge >= 0.3 is 0 Å². The Morgan fingerprint density at radius 3 is 2.03 bits per heavy atom. The van der Waals surface area contributed by atoms with Crippen molar-refractivity contribution in [1.82, 2.24) is 10.3 Å². The largest absolute Gasteiger partial charge is 0.505 e. The quantitative estimate of drug-likeness (QED) is 0.440. The van der Waals surface area contributed by atoms with Gasteiger partial charge in [-0.05, 0) is 18.1 Å². The van der Waals surface area contributed by atoms with Crippen LogP contribution in [-0.2, 0) is 0 Å². The number of pyridine rings is 1. The second-order valence-corrected chi connectivity index (χ2v) is 6.91. The van der Waals surface area contributed by atoms with E-state index in [9.17, 15) is 9.90 Å². The van der Waals surface area contributed by atoms with E-state index in [4.69, 9.17) is 0 Å². The molecule has 1 heterocycles. The Kier molecular flexibility index (Phi) is 12.5. The number of fused-ring (bicyclic) bond motifs is 1. The van der Waals surface area contributed by atoms with E-state index in [2.05, 4.69) is 10.3 Å². The Hall–Kier alpha value is -2.78. The molecular formula is C25H28N2NaO5. The Morgan fingerprint density at radius 2 is 1.42 bits per heavy atom. The molecular weight excluding hydrogens is 431 g/mol. The molecule has 1 amide bonds. The number of carbonyl (C=O) groups is 1. The molecule has 0 aliphatic carbocycles. The molecule has 8 N–H and O–H groups in total. The zero-order chi connectivity index (χ0) is 20.2. The van der Waals surface area contributed by atoms with Crippen LogP contribution in [0.4, 0.5) is 0 Å². The van der Waals surface area contributed by atoms with Gasteiger partial charge in [-0.25, -0.2) is 4.98 Å². The van der Waals surface area contributed by atoms with E-state index in [1.54, 1.807) is 0 Å². The van der Waals surface area contributed by atoms with E-state index in [1.165, 1.54) is 0 Å². The van der Waals surface area contributed by atoms with Crippen molar-refractivity contribution in [3.8, 4) is 17.0 Å². The van der Waals surface area contributed by atoms with Crippen LogP contribution in [0.15, 0.2) is 84.9 Å². The van der Waals surface area contributed by atoms with E-state index in [0.717, 1.165) is 17.5 Å². The molecule has 0 aliphatic heterocycles. The molecule has 4 aromatic rings. The van der Waals surface area contributed by atoms with Crippen molar-refractivity contribution < 1.29 is 26.3 Å². The molecule has 0 saturated heterocycles. The number of aromatic nitrogens is 1. The molecule has 3 aromatic carbocycles. The van der Waals surface area contributed by atoms with Crippen LogP contribution < -0.4 is 5.32 Å². The molecule has 0 spiro atoms. The minimum Gasteiger partial charge on any atom is -0.505 e. The van der Waals surface area contributed by atoms with Gasteiger partial charge in [0.25, 0.3) is 5.91 Å². The third-order valence-electron chi connectivity index (χ3n) is 5.06. The van der Waals surface area contributed by atoms with Crippen LogP contribution in [-0.4, -0.2) is 62.0 Å². The smallest absolute Gasteiger partial charge is 0.256 e. The number of amides is 1. The molecule has 4 rings (SSSR count). The topological polar surface area (TPSA) is 157 Å². The van der Waals surface area contributed by atoms with Crippen molar-refractivity contribution in [1.29, 1.82) is 0 Å². The number of hydrogen-bond donors (Lipinski definition) is 2. The molecule has 7 nitrogen and oxygen atoms in total. The minimum atomic E-state index is -0.311. The monoisotopic (exact) mass is 459 g/mol. The average molecular weight is 459 g/mol. The molecule has 33 heavy (non-hydrogen) atoms. The van der Waals surface area contributed by atoms with E-state index in [-0.39, 0.29) is 69.2 Å². The van der Waals surface area contributed by atoms with Crippen LogP contribution in [0.3, 0.4) is 0 Å². The fourth-order valence-electron chi connectivity index (χ4n) is 3.57. The molecule has 0 fully saturated rings. The summed E-state index contributed by atoms with van der Waals surface area (Å²) in [7, 11) is 0. The van der Waals surface area contributed by atoms with Gasteiger partial charge in [0, 0.05) is 40.5 Å². The van der Waals surface area contributed by atoms with Gasteiger partial charge in [0.1, 0.15) is 5.69 Å². The summed E-state index contributed by atoms with van der Waals surface area (Å²) in [5.41, 5.74) is 3.12. The summed E-state index contributed by atoms with van der Waals surface area (Å²) >= 11 is 0. The van der Waals surface area contributed by atoms with Crippen molar-refractivity contribution in [2.24, 2.45) is 0 Å². The van der Waals surface area contributed by atoms with Crippen LogP contribution in [0, 0.1) is 0 Å². The van der Waals surface area contributed by atoms with E-state index in [1.807, 2.05) is 91.9 Å². The minimum absolute atomic E-state index is 0. The summed E-state index contributed by atoms with van der Waals surface area (Å²) in [5.74, 6) is -0.413. The SMILES string of the molecule is CC[C@H](NC(=O)c1c(O)c(-c2ccccc2)nc2ccccc12)c1ccccc1.O.O.O.[Na]. The molecule has 0 saturated carbocycles. The maximum atomic E-state index is 13.3. The molecule has 0 aliphatic rings. The summed E-state index contributed by atoms with van der Waals surface area (Å²) < 4.78 is 0. The molecule has 1 radical (unpaired) electrons. The van der Waals surface area contributed by atoms with Crippen LogP contribution in [0.5, 0.6) is 5.75 Å². The maximum absolute atomic E-state index is 13.3. The molecule has 169 valence electrons. The number of hydrogen-bond acceptors (Lipinski definition) is 3. The number of nitrogens with zero attached hydrogens (tertiary/aromatic N) is 1. The fraction of sp³-hybridized carbons (Fsp3) is 0.120. The first-order valence-corrected chi connectivity index (χ1v) is 9.72. The Balaban J connectivity index is 0.00000256. The summed E-state index contributed by atoms with van der Waals surface area (Å²) in [5, 5.41) is 14.8. The first-order chi connectivity index (χ1) is 14.2. The van der Waals surface area contributed by atoms with E-state index < -0.39 is 0 Å². The number of aromatic hydroxyl groups is 1. The van der Waals surface area contributed by atoms with Gasteiger partial charge in [-0.15, -0.1) is 0 Å². The van der Waals surface area contributed by atoms with Gasteiger partial charge < -0.3 is 26.9 Å². The number of para-hydroxylation sites is 1.